The lowest BCUT2D eigenvalue weighted by Crippen LogP contribution is -2.31. The van der Waals surface area contributed by atoms with Crippen molar-refractivity contribution in [1.29, 1.82) is 0 Å². The molecule has 0 aromatic heterocycles. The minimum atomic E-state index is 0.701. The maximum atomic E-state index is 3.58. The zero-order valence-electron chi connectivity index (χ0n) is 12.6. The van der Waals surface area contributed by atoms with Gasteiger partial charge in [0.2, 0.25) is 0 Å². The lowest BCUT2D eigenvalue weighted by Gasteiger charge is -2.24. The Morgan fingerprint density at radius 2 is 1.90 bits per heavy atom. The van der Waals surface area contributed by atoms with Crippen molar-refractivity contribution in [2.45, 2.75) is 55.7 Å². The molecule has 2 fully saturated rings. The van der Waals surface area contributed by atoms with Crippen molar-refractivity contribution in [2.75, 3.05) is 12.8 Å². The highest BCUT2D eigenvalue weighted by Gasteiger charge is 2.43. The van der Waals surface area contributed by atoms with Gasteiger partial charge in [-0.1, -0.05) is 49.6 Å². The molecule has 0 heterocycles. The summed E-state index contributed by atoms with van der Waals surface area (Å²) in [6.45, 7) is 0. The van der Waals surface area contributed by atoms with E-state index in [2.05, 4.69) is 54.5 Å². The second kappa shape index (κ2) is 7.00. The molecule has 0 saturated heterocycles. The number of hydrogen-bond donors (Lipinski definition) is 1. The van der Waals surface area contributed by atoms with Gasteiger partial charge in [-0.25, -0.2) is 0 Å². The fourth-order valence-corrected chi connectivity index (χ4v) is 5.20. The van der Waals surface area contributed by atoms with Crippen LogP contribution in [-0.4, -0.2) is 24.1 Å². The highest BCUT2D eigenvalue weighted by atomic mass is 32.2. The molecule has 2 heteroatoms. The first-order valence-electron chi connectivity index (χ1n) is 8.22. The molecule has 1 N–H and O–H groups in total. The second-order valence-corrected chi connectivity index (χ2v) is 7.74. The fraction of sp³-hybridized carbons (Fsp3) is 0.667. The predicted octanol–water partition coefficient (Wildman–Crippen LogP) is 4.44. The molecular formula is C18H27NS. The summed E-state index contributed by atoms with van der Waals surface area (Å²) in [5.74, 6) is 2.97. The molecule has 2 aliphatic carbocycles. The molecular weight excluding hydrogens is 262 g/mol. The number of hydrogen-bond acceptors (Lipinski definition) is 2. The zero-order chi connectivity index (χ0) is 13.8. The Hall–Kier alpha value is -0.470. The lowest BCUT2D eigenvalue weighted by molar-refractivity contribution is 0.509. The Labute approximate surface area is 127 Å². The molecule has 1 nitrogen and oxygen atoms in total. The number of benzene rings is 1. The van der Waals surface area contributed by atoms with Gasteiger partial charge in [0.25, 0.3) is 0 Å². The van der Waals surface area contributed by atoms with Crippen LogP contribution in [0.1, 0.15) is 50.0 Å². The Morgan fingerprint density at radius 1 is 1.15 bits per heavy atom. The van der Waals surface area contributed by atoms with Gasteiger partial charge >= 0.3 is 0 Å². The van der Waals surface area contributed by atoms with Crippen molar-refractivity contribution < 1.29 is 0 Å². The molecule has 3 rings (SSSR count). The van der Waals surface area contributed by atoms with Crippen LogP contribution in [-0.2, 0) is 0 Å². The molecule has 3 atom stereocenters. The normalized spacial score (nSPS) is 28.2. The molecule has 3 unspecified atom stereocenters. The summed E-state index contributed by atoms with van der Waals surface area (Å²) in [5.41, 5.74) is 1.54. The van der Waals surface area contributed by atoms with Gasteiger partial charge in [0, 0.05) is 17.0 Å². The molecule has 2 saturated carbocycles. The van der Waals surface area contributed by atoms with Crippen molar-refractivity contribution in [3.8, 4) is 0 Å². The van der Waals surface area contributed by atoms with Crippen LogP contribution in [0.15, 0.2) is 30.3 Å². The smallest absolute Gasteiger partial charge is 0.0189 e. The maximum Gasteiger partial charge on any atom is 0.0189 e. The largest absolute Gasteiger partial charge is 0.316 e. The van der Waals surface area contributed by atoms with Crippen molar-refractivity contribution in [1.82, 2.24) is 5.32 Å². The predicted molar refractivity (Wildman–Crippen MR) is 89.5 cm³/mol. The van der Waals surface area contributed by atoms with E-state index in [0.29, 0.717) is 6.04 Å². The topological polar surface area (TPSA) is 12.0 Å². The van der Waals surface area contributed by atoms with Crippen LogP contribution < -0.4 is 5.32 Å². The van der Waals surface area contributed by atoms with E-state index in [-0.39, 0.29) is 0 Å². The van der Waals surface area contributed by atoms with Crippen molar-refractivity contribution >= 4 is 11.8 Å². The molecule has 2 aliphatic rings. The van der Waals surface area contributed by atoms with Gasteiger partial charge in [-0.05, 0) is 43.7 Å². The summed E-state index contributed by atoms with van der Waals surface area (Å²) in [4.78, 5) is 0. The summed E-state index contributed by atoms with van der Waals surface area (Å²) in [5, 5.41) is 4.52. The Bertz CT molecular complexity index is 399. The summed E-state index contributed by atoms with van der Waals surface area (Å²) < 4.78 is 0. The van der Waals surface area contributed by atoms with E-state index in [4.69, 9.17) is 0 Å². The SMILES string of the molecule is CNC(CSC1CCCCC1)C1CC1c1ccccc1. The monoisotopic (exact) mass is 289 g/mol. The van der Waals surface area contributed by atoms with Crippen molar-refractivity contribution in [2.24, 2.45) is 5.92 Å². The first-order chi connectivity index (χ1) is 9.88. The molecule has 0 aliphatic heterocycles. The minimum absolute atomic E-state index is 0.701. The van der Waals surface area contributed by atoms with Gasteiger partial charge in [-0.3, -0.25) is 0 Å². The number of nitrogens with one attached hydrogen (secondary N) is 1. The van der Waals surface area contributed by atoms with E-state index in [1.54, 1.807) is 5.56 Å². The van der Waals surface area contributed by atoms with Crippen molar-refractivity contribution in [3.63, 3.8) is 0 Å². The van der Waals surface area contributed by atoms with Crippen LogP contribution in [0.4, 0.5) is 0 Å². The number of rotatable bonds is 6. The van der Waals surface area contributed by atoms with Crippen molar-refractivity contribution in [3.05, 3.63) is 35.9 Å². The van der Waals surface area contributed by atoms with E-state index in [1.807, 2.05) is 0 Å². The molecule has 1 aromatic rings. The van der Waals surface area contributed by atoms with Gasteiger partial charge in [0.05, 0.1) is 0 Å². The first-order valence-corrected chi connectivity index (χ1v) is 9.27. The fourth-order valence-electron chi connectivity index (χ4n) is 3.64. The van der Waals surface area contributed by atoms with Crippen LogP contribution in [0.25, 0.3) is 0 Å². The van der Waals surface area contributed by atoms with Crippen LogP contribution in [0.5, 0.6) is 0 Å². The van der Waals surface area contributed by atoms with E-state index in [9.17, 15) is 0 Å². The Morgan fingerprint density at radius 3 is 2.60 bits per heavy atom. The van der Waals surface area contributed by atoms with Gasteiger partial charge in [0.1, 0.15) is 0 Å². The van der Waals surface area contributed by atoms with E-state index in [0.717, 1.165) is 17.1 Å². The van der Waals surface area contributed by atoms with Gasteiger partial charge in [0.15, 0.2) is 0 Å². The van der Waals surface area contributed by atoms with Crippen LogP contribution >= 0.6 is 11.8 Å². The zero-order valence-corrected chi connectivity index (χ0v) is 13.4. The second-order valence-electron chi connectivity index (χ2n) is 6.41. The maximum absolute atomic E-state index is 3.58. The van der Waals surface area contributed by atoms with Crippen LogP contribution in [0.2, 0.25) is 0 Å². The molecule has 1 aromatic carbocycles. The molecule has 0 bridgehead atoms. The summed E-state index contributed by atoms with van der Waals surface area (Å²) >= 11 is 2.23. The third-order valence-electron chi connectivity index (χ3n) is 5.02. The van der Waals surface area contributed by atoms with Crippen LogP contribution in [0, 0.1) is 5.92 Å². The molecule has 20 heavy (non-hydrogen) atoms. The van der Waals surface area contributed by atoms with Gasteiger partial charge in [-0.15, -0.1) is 0 Å². The molecule has 110 valence electrons. The van der Waals surface area contributed by atoms with E-state index in [1.165, 1.54) is 44.3 Å². The summed E-state index contributed by atoms with van der Waals surface area (Å²) in [6, 6.07) is 11.8. The first kappa shape index (κ1) is 14.5. The lowest BCUT2D eigenvalue weighted by atomic mass is 10.0. The Kier molecular flexibility index (Phi) is 5.06. The van der Waals surface area contributed by atoms with Gasteiger partial charge in [-0.2, -0.15) is 11.8 Å². The average Bonchev–Trinajstić information content (AvgIpc) is 3.30. The standard InChI is InChI=1S/C18H27NS/c1-19-18(13-20-15-10-6-3-7-11-15)17-12-16(17)14-8-4-2-5-9-14/h2,4-5,8-9,15-19H,3,6-7,10-13H2,1H3. The molecule has 0 radical (unpaired) electrons. The molecule has 0 amide bonds. The average molecular weight is 289 g/mol. The van der Waals surface area contributed by atoms with E-state index < -0.39 is 0 Å². The Balaban J connectivity index is 1.48. The van der Waals surface area contributed by atoms with Crippen LogP contribution in [0.3, 0.4) is 0 Å². The quantitative estimate of drug-likeness (QED) is 0.830. The third-order valence-corrected chi connectivity index (χ3v) is 6.51. The van der Waals surface area contributed by atoms with E-state index >= 15 is 0 Å². The third kappa shape index (κ3) is 3.59. The van der Waals surface area contributed by atoms with Gasteiger partial charge < -0.3 is 5.32 Å². The minimum Gasteiger partial charge on any atom is -0.316 e. The highest BCUT2D eigenvalue weighted by Crippen LogP contribution is 2.50. The summed E-state index contributed by atoms with van der Waals surface area (Å²) in [7, 11) is 2.15. The summed E-state index contributed by atoms with van der Waals surface area (Å²) in [6.07, 6.45) is 8.66. The molecule has 0 spiro atoms. The number of thioether (sulfide) groups is 1. The highest BCUT2D eigenvalue weighted by molar-refractivity contribution is 7.99.